The van der Waals surface area contributed by atoms with E-state index >= 15 is 0 Å². The molecule has 17 heavy (non-hydrogen) atoms. The number of halogens is 3. The first-order valence-electron chi connectivity index (χ1n) is 5.74. The van der Waals surface area contributed by atoms with Gasteiger partial charge in [-0.2, -0.15) is 13.2 Å². The largest absolute Gasteiger partial charge is 0.418 e. The van der Waals surface area contributed by atoms with E-state index in [1.807, 2.05) is 13.8 Å². The first-order chi connectivity index (χ1) is 7.89. The molecule has 2 N–H and O–H groups in total. The molecular formula is C12H17F3N2. The Morgan fingerprint density at radius 2 is 1.82 bits per heavy atom. The van der Waals surface area contributed by atoms with Gasteiger partial charge < -0.3 is 5.73 Å². The van der Waals surface area contributed by atoms with Crippen LogP contribution in [0.4, 0.5) is 19.0 Å². The predicted molar refractivity (Wildman–Crippen MR) is 61.7 cm³/mol. The van der Waals surface area contributed by atoms with Crippen LogP contribution in [-0.4, -0.2) is 4.98 Å². The number of alkyl halides is 3. The second-order valence-electron chi connectivity index (χ2n) is 3.87. The minimum atomic E-state index is -4.33. The molecule has 0 aromatic carbocycles. The van der Waals surface area contributed by atoms with Gasteiger partial charge in [-0.25, -0.2) is 4.98 Å². The van der Waals surface area contributed by atoms with Gasteiger partial charge in [0.25, 0.3) is 0 Å². The van der Waals surface area contributed by atoms with E-state index in [4.69, 9.17) is 5.73 Å². The van der Waals surface area contributed by atoms with Crippen molar-refractivity contribution in [2.75, 3.05) is 5.73 Å². The van der Waals surface area contributed by atoms with Gasteiger partial charge in [0.2, 0.25) is 0 Å². The number of nitrogens with two attached hydrogens (primary N) is 1. The highest BCUT2D eigenvalue weighted by atomic mass is 19.4. The number of hydrogen-bond acceptors (Lipinski definition) is 2. The zero-order valence-corrected chi connectivity index (χ0v) is 10.2. The highest BCUT2D eigenvalue weighted by Gasteiger charge is 2.40. The van der Waals surface area contributed by atoms with Crippen LogP contribution in [0.5, 0.6) is 0 Å². The topological polar surface area (TPSA) is 38.9 Å². The maximum Gasteiger partial charge on any atom is 0.418 e. The van der Waals surface area contributed by atoms with Crippen molar-refractivity contribution in [1.82, 2.24) is 4.98 Å². The highest BCUT2D eigenvalue weighted by Crippen LogP contribution is 2.46. The molecule has 1 aromatic heterocycles. The Bertz CT molecular complexity index is 395. The van der Waals surface area contributed by atoms with Gasteiger partial charge in [0, 0.05) is 0 Å². The zero-order chi connectivity index (χ0) is 13.2. The lowest BCUT2D eigenvalue weighted by molar-refractivity contribution is -0.138. The fraction of sp³-hybridized carbons (Fsp3) is 0.583. The fourth-order valence-electron chi connectivity index (χ4n) is 1.81. The van der Waals surface area contributed by atoms with Crippen LogP contribution in [0.1, 0.15) is 49.4 Å². The maximum atomic E-state index is 12.7. The van der Waals surface area contributed by atoms with Crippen molar-refractivity contribution in [2.24, 2.45) is 0 Å². The van der Waals surface area contributed by atoms with Crippen molar-refractivity contribution < 1.29 is 13.2 Å². The standard InChI is InChI=1S/C10H11F3N2.C2H6/c1-5-9(10(11,12)13)7(6-2-3-6)4-8(14)15-5;1-2/h4,6H,2-3H2,1H3,(H2,14,15);1-2H3. The quantitative estimate of drug-likeness (QED) is 0.816. The van der Waals surface area contributed by atoms with E-state index in [0.29, 0.717) is 5.56 Å². The van der Waals surface area contributed by atoms with Crippen molar-refractivity contribution >= 4 is 5.82 Å². The maximum absolute atomic E-state index is 12.7. The number of nitrogens with zero attached hydrogens (tertiary/aromatic N) is 1. The van der Waals surface area contributed by atoms with Crippen LogP contribution >= 0.6 is 0 Å². The molecule has 0 radical (unpaired) electrons. The number of hydrogen-bond donors (Lipinski definition) is 1. The molecule has 96 valence electrons. The van der Waals surface area contributed by atoms with E-state index in [1.165, 1.54) is 13.0 Å². The van der Waals surface area contributed by atoms with Crippen LogP contribution in [0, 0.1) is 6.92 Å². The van der Waals surface area contributed by atoms with E-state index in [2.05, 4.69) is 4.98 Å². The molecule has 2 nitrogen and oxygen atoms in total. The van der Waals surface area contributed by atoms with Crippen LogP contribution in [0.25, 0.3) is 0 Å². The van der Waals surface area contributed by atoms with E-state index < -0.39 is 11.7 Å². The Balaban J connectivity index is 0.000000686. The van der Waals surface area contributed by atoms with Crippen molar-refractivity contribution in [3.8, 4) is 0 Å². The van der Waals surface area contributed by atoms with Crippen LogP contribution < -0.4 is 5.73 Å². The minimum absolute atomic E-state index is 0.0191. The summed E-state index contributed by atoms with van der Waals surface area (Å²) in [5, 5.41) is 0. The van der Waals surface area contributed by atoms with E-state index in [0.717, 1.165) is 12.8 Å². The molecular weight excluding hydrogens is 229 g/mol. The second kappa shape index (κ2) is 4.94. The van der Waals surface area contributed by atoms with Gasteiger partial charge >= 0.3 is 6.18 Å². The predicted octanol–water partition coefficient (Wildman–Crippen LogP) is 3.89. The molecule has 1 heterocycles. The van der Waals surface area contributed by atoms with Crippen LogP contribution in [0.15, 0.2) is 6.07 Å². The van der Waals surface area contributed by atoms with Gasteiger partial charge in [-0.15, -0.1) is 0 Å². The second-order valence-corrected chi connectivity index (χ2v) is 3.87. The first-order valence-corrected chi connectivity index (χ1v) is 5.74. The molecule has 0 spiro atoms. The third-order valence-electron chi connectivity index (χ3n) is 2.55. The molecule has 1 aliphatic rings. The normalized spacial score (nSPS) is 15.2. The summed E-state index contributed by atoms with van der Waals surface area (Å²) in [6.45, 7) is 5.35. The fourth-order valence-corrected chi connectivity index (χ4v) is 1.81. The summed E-state index contributed by atoms with van der Waals surface area (Å²) in [5.41, 5.74) is 5.15. The Morgan fingerprint density at radius 1 is 1.29 bits per heavy atom. The molecule has 5 heteroatoms. The summed E-state index contributed by atoms with van der Waals surface area (Å²) in [4.78, 5) is 3.67. The monoisotopic (exact) mass is 246 g/mol. The van der Waals surface area contributed by atoms with Crippen LogP contribution in [0.3, 0.4) is 0 Å². The number of rotatable bonds is 1. The average Bonchev–Trinajstić information content (AvgIpc) is 3.00. The van der Waals surface area contributed by atoms with E-state index in [9.17, 15) is 13.2 Å². The van der Waals surface area contributed by atoms with Crippen LogP contribution in [0.2, 0.25) is 0 Å². The van der Waals surface area contributed by atoms with E-state index in [-0.39, 0.29) is 17.4 Å². The molecule has 2 rings (SSSR count). The zero-order valence-electron chi connectivity index (χ0n) is 10.2. The average molecular weight is 246 g/mol. The summed E-state index contributed by atoms with van der Waals surface area (Å²) in [6.07, 6.45) is -2.71. The van der Waals surface area contributed by atoms with Crippen molar-refractivity contribution in [3.05, 3.63) is 22.9 Å². The SMILES string of the molecule is CC.Cc1nc(N)cc(C2CC2)c1C(F)(F)F. The Labute approximate surface area is 99.0 Å². The molecule has 0 bridgehead atoms. The minimum Gasteiger partial charge on any atom is -0.384 e. The summed E-state index contributed by atoms with van der Waals surface area (Å²) in [5.74, 6) is 0.188. The third kappa shape index (κ3) is 3.11. The van der Waals surface area contributed by atoms with Crippen molar-refractivity contribution in [3.63, 3.8) is 0 Å². The summed E-state index contributed by atoms with van der Waals surface area (Å²) in [7, 11) is 0. The van der Waals surface area contributed by atoms with Gasteiger partial charge in [-0.05, 0) is 37.3 Å². The third-order valence-corrected chi connectivity index (χ3v) is 2.55. The molecule has 0 aliphatic heterocycles. The summed E-state index contributed by atoms with van der Waals surface area (Å²) in [6, 6.07) is 1.35. The molecule has 0 amide bonds. The number of anilines is 1. The number of aromatic nitrogens is 1. The molecule has 0 saturated heterocycles. The van der Waals surface area contributed by atoms with Gasteiger partial charge in [-0.1, -0.05) is 13.8 Å². The van der Waals surface area contributed by atoms with Crippen molar-refractivity contribution in [1.29, 1.82) is 0 Å². The summed E-state index contributed by atoms with van der Waals surface area (Å²) < 4.78 is 38.2. The van der Waals surface area contributed by atoms with Crippen LogP contribution in [-0.2, 0) is 6.18 Å². The molecule has 1 saturated carbocycles. The lowest BCUT2D eigenvalue weighted by Gasteiger charge is -2.15. The van der Waals surface area contributed by atoms with Crippen molar-refractivity contribution in [2.45, 2.75) is 45.7 Å². The number of pyridine rings is 1. The molecule has 0 atom stereocenters. The Morgan fingerprint density at radius 3 is 2.24 bits per heavy atom. The lowest BCUT2D eigenvalue weighted by atomic mass is 10.0. The molecule has 1 aliphatic carbocycles. The van der Waals surface area contributed by atoms with Gasteiger partial charge in [0.1, 0.15) is 5.82 Å². The smallest absolute Gasteiger partial charge is 0.384 e. The Kier molecular flexibility index (Phi) is 4.01. The van der Waals surface area contributed by atoms with Gasteiger partial charge in [-0.3, -0.25) is 0 Å². The molecule has 0 unspecified atom stereocenters. The highest BCUT2D eigenvalue weighted by molar-refractivity contribution is 5.45. The number of aryl methyl sites for hydroxylation is 1. The van der Waals surface area contributed by atoms with Gasteiger partial charge in [0.05, 0.1) is 11.3 Å². The summed E-state index contributed by atoms with van der Waals surface area (Å²) >= 11 is 0. The lowest BCUT2D eigenvalue weighted by Crippen LogP contribution is -2.13. The molecule has 1 aromatic rings. The first kappa shape index (κ1) is 13.8. The molecule has 1 fully saturated rings. The number of nitrogen functional groups attached to an aromatic ring is 1. The Hall–Kier alpha value is -1.26. The van der Waals surface area contributed by atoms with Gasteiger partial charge in [0.15, 0.2) is 0 Å². The van der Waals surface area contributed by atoms with E-state index in [1.54, 1.807) is 0 Å².